The van der Waals surface area contributed by atoms with Crippen LogP contribution in [0, 0.1) is 0 Å². The Morgan fingerprint density at radius 1 is 0.960 bits per heavy atom. The lowest BCUT2D eigenvalue weighted by Gasteiger charge is -2.19. The van der Waals surface area contributed by atoms with Crippen LogP contribution in [-0.4, -0.2) is 38.2 Å². The predicted octanol–water partition coefficient (Wildman–Crippen LogP) is 1.59. The molecule has 2 amide bonds. The van der Waals surface area contributed by atoms with Crippen molar-refractivity contribution in [3.8, 4) is 17.2 Å². The molecular formula is C18H18N2O5. The van der Waals surface area contributed by atoms with Crippen LogP contribution in [0.4, 0.5) is 5.69 Å². The second-order valence-corrected chi connectivity index (χ2v) is 5.29. The Morgan fingerprint density at radius 3 is 2.52 bits per heavy atom. The van der Waals surface area contributed by atoms with Crippen LogP contribution in [0.15, 0.2) is 48.5 Å². The topological polar surface area (TPSA) is 85.9 Å². The summed E-state index contributed by atoms with van der Waals surface area (Å²) in [4.78, 5) is 23.6. The number of anilines is 1. The highest BCUT2D eigenvalue weighted by Crippen LogP contribution is 2.32. The summed E-state index contributed by atoms with van der Waals surface area (Å²) in [6, 6.07) is 14.1. The standard InChI is InChI=1S/C18H18N2O5/c21-17(11-19-18(22)12-25-14-4-2-1-3-5-14)20-13-6-7-15-16(10-13)24-9-8-23-15/h1-7,10H,8-9,11-12H2,(H,19,22)(H,20,21). The number of amides is 2. The molecule has 7 nitrogen and oxygen atoms in total. The van der Waals surface area contributed by atoms with Crippen LogP contribution in [0.2, 0.25) is 0 Å². The highest BCUT2D eigenvalue weighted by Gasteiger charge is 2.13. The molecule has 0 atom stereocenters. The molecule has 0 aromatic heterocycles. The lowest BCUT2D eigenvalue weighted by Crippen LogP contribution is -2.35. The highest BCUT2D eigenvalue weighted by atomic mass is 16.6. The van der Waals surface area contributed by atoms with Crippen LogP contribution >= 0.6 is 0 Å². The van der Waals surface area contributed by atoms with Gasteiger partial charge in [0.25, 0.3) is 5.91 Å². The molecule has 1 aliphatic heterocycles. The third-order valence-electron chi connectivity index (χ3n) is 3.39. The first-order chi connectivity index (χ1) is 12.2. The van der Waals surface area contributed by atoms with E-state index < -0.39 is 0 Å². The molecule has 0 bridgehead atoms. The van der Waals surface area contributed by atoms with Crippen molar-refractivity contribution in [3.63, 3.8) is 0 Å². The number of ether oxygens (including phenoxy) is 3. The van der Waals surface area contributed by atoms with Crippen LogP contribution in [0.1, 0.15) is 0 Å². The molecule has 0 spiro atoms. The average molecular weight is 342 g/mol. The number of carbonyl (C=O) groups is 2. The van der Waals surface area contributed by atoms with E-state index in [2.05, 4.69) is 10.6 Å². The van der Waals surface area contributed by atoms with Crippen LogP contribution < -0.4 is 24.8 Å². The summed E-state index contributed by atoms with van der Waals surface area (Å²) in [5.41, 5.74) is 0.573. The van der Waals surface area contributed by atoms with Crippen LogP contribution in [-0.2, 0) is 9.59 Å². The van der Waals surface area contributed by atoms with E-state index in [9.17, 15) is 9.59 Å². The fraction of sp³-hybridized carbons (Fsp3) is 0.222. The van der Waals surface area contributed by atoms with Crippen LogP contribution in [0.5, 0.6) is 17.2 Å². The van der Waals surface area contributed by atoms with E-state index in [1.165, 1.54) is 0 Å². The lowest BCUT2D eigenvalue weighted by molar-refractivity contribution is -0.125. The van der Waals surface area contributed by atoms with E-state index in [1.807, 2.05) is 18.2 Å². The van der Waals surface area contributed by atoms with E-state index in [-0.39, 0.29) is 25.0 Å². The molecule has 130 valence electrons. The van der Waals surface area contributed by atoms with E-state index in [0.717, 1.165) is 0 Å². The van der Waals surface area contributed by atoms with Gasteiger partial charge in [-0.15, -0.1) is 0 Å². The Hall–Kier alpha value is -3.22. The zero-order chi connectivity index (χ0) is 17.5. The summed E-state index contributed by atoms with van der Waals surface area (Å²) in [5.74, 6) is 1.12. The maximum atomic E-state index is 11.9. The van der Waals surface area contributed by atoms with Gasteiger partial charge in [-0.1, -0.05) is 18.2 Å². The molecular weight excluding hydrogens is 324 g/mol. The predicted molar refractivity (Wildman–Crippen MR) is 91.0 cm³/mol. The van der Waals surface area contributed by atoms with Gasteiger partial charge in [0.1, 0.15) is 19.0 Å². The summed E-state index contributed by atoms with van der Waals surface area (Å²) >= 11 is 0. The number of hydrogen-bond donors (Lipinski definition) is 2. The summed E-state index contributed by atoms with van der Waals surface area (Å²) in [7, 11) is 0. The first-order valence-electron chi connectivity index (χ1n) is 7.85. The van der Waals surface area contributed by atoms with Crippen molar-refractivity contribution in [2.24, 2.45) is 0 Å². The van der Waals surface area contributed by atoms with Gasteiger partial charge in [0.05, 0.1) is 6.54 Å². The van der Waals surface area contributed by atoms with Crippen LogP contribution in [0.25, 0.3) is 0 Å². The smallest absolute Gasteiger partial charge is 0.258 e. The quantitative estimate of drug-likeness (QED) is 0.833. The molecule has 2 aromatic carbocycles. The van der Waals surface area contributed by atoms with Gasteiger partial charge in [-0.3, -0.25) is 9.59 Å². The number of nitrogens with one attached hydrogen (secondary N) is 2. The molecule has 0 saturated heterocycles. The molecule has 7 heteroatoms. The molecule has 2 aromatic rings. The minimum Gasteiger partial charge on any atom is -0.486 e. The van der Waals surface area contributed by atoms with E-state index in [4.69, 9.17) is 14.2 Å². The van der Waals surface area contributed by atoms with Crippen molar-refractivity contribution in [3.05, 3.63) is 48.5 Å². The average Bonchev–Trinajstić information content (AvgIpc) is 2.65. The number of carbonyl (C=O) groups excluding carboxylic acids is 2. The minimum absolute atomic E-state index is 0.147. The van der Waals surface area contributed by atoms with Crippen molar-refractivity contribution in [2.75, 3.05) is 31.7 Å². The maximum Gasteiger partial charge on any atom is 0.258 e. The van der Waals surface area contributed by atoms with Crippen molar-refractivity contribution < 1.29 is 23.8 Å². The summed E-state index contributed by atoms with van der Waals surface area (Å²) in [6.07, 6.45) is 0. The second-order valence-electron chi connectivity index (χ2n) is 5.29. The number of fused-ring (bicyclic) bond motifs is 1. The van der Waals surface area contributed by atoms with Crippen molar-refractivity contribution in [1.29, 1.82) is 0 Å². The number of benzene rings is 2. The van der Waals surface area contributed by atoms with Gasteiger partial charge in [-0.05, 0) is 24.3 Å². The van der Waals surface area contributed by atoms with Gasteiger partial charge in [-0.2, -0.15) is 0 Å². The monoisotopic (exact) mass is 342 g/mol. The van der Waals surface area contributed by atoms with Gasteiger partial charge < -0.3 is 24.8 Å². The third kappa shape index (κ3) is 4.87. The van der Waals surface area contributed by atoms with E-state index in [1.54, 1.807) is 30.3 Å². The number of hydrogen-bond acceptors (Lipinski definition) is 5. The normalized spacial score (nSPS) is 12.2. The Labute approximate surface area is 144 Å². The fourth-order valence-electron chi connectivity index (χ4n) is 2.22. The molecule has 2 N–H and O–H groups in total. The van der Waals surface area contributed by atoms with Crippen molar-refractivity contribution in [2.45, 2.75) is 0 Å². The van der Waals surface area contributed by atoms with Crippen molar-refractivity contribution >= 4 is 17.5 Å². The Morgan fingerprint density at radius 2 is 1.72 bits per heavy atom. The van der Waals surface area contributed by atoms with Gasteiger partial charge >= 0.3 is 0 Å². The zero-order valence-corrected chi connectivity index (χ0v) is 13.5. The first kappa shape index (κ1) is 16.6. The molecule has 0 unspecified atom stereocenters. The first-order valence-corrected chi connectivity index (χ1v) is 7.85. The molecule has 1 heterocycles. The Kier molecular flexibility index (Phi) is 5.36. The van der Waals surface area contributed by atoms with Crippen molar-refractivity contribution in [1.82, 2.24) is 5.32 Å². The molecule has 3 rings (SSSR count). The van der Waals surface area contributed by atoms with Gasteiger partial charge in [0.15, 0.2) is 18.1 Å². The molecule has 1 aliphatic rings. The lowest BCUT2D eigenvalue weighted by atomic mass is 10.2. The molecule has 0 aliphatic carbocycles. The van der Waals surface area contributed by atoms with Gasteiger partial charge in [0, 0.05) is 11.8 Å². The van der Waals surface area contributed by atoms with E-state index in [0.29, 0.717) is 36.1 Å². The summed E-state index contributed by atoms with van der Waals surface area (Å²) in [6.45, 7) is 0.685. The summed E-state index contributed by atoms with van der Waals surface area (Å²) < 4.78 is 16.2. The maximum absolute atomic E-state index is 11.9. The Balaban J connectivity index is 1.42. The minimum atomic E-state index is -0.374. The van der Waals surface area contributed by atoms with E-state index >= 15 is 0 Å². The molecule has 0 saturated carbocycles. The molecule has 0 fully saturated rings. The SMILES string of the molecule is O=C(COc1ccccc1)NCC(=O)Nc1ccc2c(c1)OCCO2. The second kappa shape index (κ2) is 8.05. The largest absolute Gasteiger partial charge is 0.486 e. The highest BCUT2D eigenvalue weighted by molar-refractivity contribution is 5.94. The van der Waals surface area contributed by atoms with Gasteiger partial charge in [-0.25, -0.2) is 0 Å². The number of rotatable bonds is 6. The Bertz CT molecular complexity index is 748. The number of para-hydroxylation sites is 1. The van der Waals surface area contributed by atoms with Gasteiger partial charge in [0.2, 0.25) is 5.91 Å². The molecule has 0 radical (unpaired) electrons. The zero-order valence-electron chi connectivity index (χ0n) is 13.5. The molecule has 25 heavy (non-hydrogen) atoms. The third-order valence-corrected chi connectivity index (χ3v) is 3.39. The summed E-state index contributed by atoms with van der Waals surface area (Å²) in [5, 5.41) is 5.19. The van der Waals surface area contributed by atoms with Crippen LogP contribution in [0.3, 0.4) is 0 Å². The fourth-order valence-corrected chi connectivity index (χ4v) is 2.22.